The van der Waals surface area contributed by atoms with Crippen molar-refractivity contribution in [1.82, 2.24) is 0 Å². The lowest BCUT2D eigenvalue weighted by molar-refractivity contribution is -0.138. The fourth-order valence-corrected chi connectivity index (χ4v) is 2.18. The first-order valence-electron chi connectivity index (χ1n) is 8.45. The van der Waals surface area contributed by atoms with Gasteiger partial charge in [-0.15, -0.1) is 0 Å². The smallest absolute Gasteiger partial charge is 0.320 e. The number of carbonyl (C=O) groups is 1. The van der Waals surface area contributed by atoms with Crippen molar-refractivity contribution in [2.24, 2.45) is 11.5 Å². The van der Waals surface area contributed by atoms with E-state index in [1.165, 1.54) is 5.56 Å². The molecule has 6 N–H and O–H groups in total. The maximum Gasteiger partial charge on any atom is 0.320 e. The molecule has 2 aromatic carbocycles. The van der Waals surface area contributed by atoms with Crippen LogP contribution in [0.3, 0.4) is 0 Å². The van der Waals surface area contributed by atoms with Gasteiger partial charge in [-0.1, -0.05) is 60.7 Å². The Morgan fingerprint density at radius 2 is 1.28 bits per heavy atom. The van der Waals surface area contributed by atoms with Crippen LogP contribution in [0.15, 0.2) is 60.7 Å². The first kappa shape index (κ1) is 20.8. The van der Waals surface area contributed by atoms with E-state index in [1.807, 2.05) is 48.5 Å². The normalized spacial score (nSPS) is 12.6. The maximum absolute atomic E-state index is 10.4. The average molecular weight is 344 g/mol. The molecular weight excluding hydrogens is 316 g/mol. The third-order valence-corrected chi connectivity index (χ3v) is 3.79. The molecule has 0 spiro atoms. The van der Waals surface area contributed by atoms with Crippen LogP contribution in [0.1, 0.15) is 24.0 Å². The fraction of sp³-hybridized carbons (Fsp3) is 0.350. The van der Waals surface area contributed by atoms with Gasteiger partial charge in [-0.05, 0) is 36.8 Å². The van der Waals surface area contributed by atoms with Gasteiger partial charge in [0.1, 0.15) is 6.04 Å². The number of aliphatic hydroxyl groups excluding tert-OH is 1. The summed E-state index contributed by atoms with van der Waals surface area (Å²) >= 11 is 0. The predicted molar refractivity (Wildman–Crippen MR) is 100 cm³/mol. The van der Waals surface area contributed by atoms with Gasteiger partial charge in [-0.25, -0.2) is 0 Å². The number of aliphatic hydroxyl groups is 1. The van der Waals surface area contributed by atoms with E-state index in [9.17, 15) is 4.79 Å². The Hall–Kier alpha value is -2.21. The van der Waals surface area contributed by atoms with Crippen LogP contribution < -0.4 is 11.5 Å². The van der Waals surface area contributed by atoms with Crippen molar-refractivity contribution >= 4 is 5.97 Å². The fourth-order valence-electron chi connectivity index (χ4n) is 2.18. The minimum atomic E-state index is -0.934. The van der Waals surface area contributed by atoms with Crippen LogP contribution in [-0.4, -0.2) is 34.9 Å². The van der Waals surface area contributed by atoms with Crippen LogP contribution in [-0.2, 0) is 17.6 Å². The lowest BCUT2D eigenvalue weighted by Gasteiger charge is -2.06. The predicted octanol–water partition coefficient (Wildman–Crippen LogP) is 1.97. The highest BCUT2D eigenvalue weighted by atomic mass is 16.4. The molecule has 5 heteroatoms. The van der Waals surface area contributed by atoms with Crippen LogP contribution in [0.5, 0.6) is 0 Å². The molecule has 0 bridgehead atoms. The van der Waals surface area contributed by atoms with Crippen molar-refractivity contribution in [3.63, 3.8) is 0 Å². The van der Waals surface area contributed by atoms with Crippen LogP contribution in [0.4, 0.5) is 0 Å². The first-order chi connectivity index (χ1) is 12.0. The van der Waals surface area contributed by atoms with Gasteiger partial charge < -0.3 is 21.7 Å². The van der Waals surface area contributed by atoms with Gasteiger partial charge in [-0.2, -0.15) is 0 Å². The van der Waals surface area contributed by atoms with Crippen molar-refractivity contribution in [2.45, 2.75) is 37.8 Å². The number of nitrogens with two attached hydrogens (primary N) is 2. The molecule has 0 saturated carbocycles. The van der Waals surface area contributed by atoms with Gasteiger partial charge in [0, 0.05) is 6.04 Å². The van der Waals surface area contributed by atoms with Crippen molar-refractivity contribution in [1.29, 1.82) is 0 Å². The van der Waals surface area contributed by atoms with E-state index in [0.29, 0.717) is 12.8 Å². The zero-order valence-electron chi connectivity index (χ0n) is 14.4. The summed E-state index contributed by atoms with van der Waals surface area (Å²) in [5.41, 5.74) is 13.3. The van der Waals surface area contributed by atoms with Crippen molar-refractivity contribution in [3.05, 3.63) is 71.8 Å². The Labute approximate surface area is 149 Å². The zero-order chi connectivity index (χ0) is 18.5. The molecule has 0 aliphatic carbocycles. The number of aliphatic carboxylic acids is 1. The lowest BCUT2D eigenvalue weighted by Crippen LogP contribution is -2.30. The summed E-state index contributed by atoms with van der Waals surface area (Å²) in [4.78, 5) is 10.4. The second-order valence-corrected chi connectivity index (χ2v) is 5.94. The standard InChI is InChI=1S/C10H13NO2.C10H15NO/c11-9(10(12)13)7-6-8-4-2-1-3-5-8;11-10(8-12)7-6-9-4-2-1-3-5-9/h1-5,9H,6-7,11H2,(H,12,13);1-5,10,12H,6-8,11H2/t9-;10-/m11/s1. The van der Waals surface area contributed by atoms with Gasteiger partial charge >= 0.3 is 5.97 Å². The summed E-state index contributed by atoms with van der Waals surface area (Å²) in [5.74, 6) is -0.934. The quantitative estimate of drug-likeness (QED) is 0.585. The first-order valence-corrected chi connectivity index (χ1v) is 8.45. The minimum Gasteiger partial charge on any atom is -0.480 e. The molecule has 0 aliphatic rings. The molecule has 0 heterocycles. The molecular formula is C20H28N2O3. The molecule has 0 amide bonds. The summed E-state index contributed by atoms with van der Waals surface area (Å²) < 4.78 is 0. The van der Waals surface area contributed by atoms with Gasteiger partial charge in [0.15, 0.2) is 0 Å². The zero-order valence-corrected chi connectivity index (χ0v) is 14.4. The van der Waals surface area contributed by atoms with Crippen molar-refractivity contribution < 1.29 is 15.0 Å². The molecule has 0 aliphatic heterocycles. The van der Waals surface area contributed by atoms with E-state index >= 15 is 0 Å². The number of carboxylic acid groups (broad SMARTS) is 1. The molecule has 5 nitrogen and oxygen atoms in total. The molecule has 2 rings (SSSR count). The van der Waals surface area contributed by atoms with Crippen LogP contribution in [0.25, 0.3) is 0 Å². The van der Waals surface area contributed by atoms with E-state index in [4.69, 9.17) is 21.7 Å². The van der Waals surface area contributed by atoms with Crippen LogP contribution >= 0.6 is 0 Å². The number of rotatable bonds is 8. The lowest BCUT2D eigenvalue weighted by atomic mass is 10.1. The number of benzene rings is 2. The van der Waals surface area contributed by atoms with E-state index in [-0.39, 0.29) is 12.6 Å². The molecule has 0 radical (unpaired) electrons. The number of aryl methyl sites for hydroxylation is 2. The summed E-state index contributed by atoms with van der Waals surface area (Å²) in [6.45, 7) is 0.0762. The Bertz CT molecular complexity index is 590. The Balaban J connectivity index is 0.000000251. The van der Waals surface area contributed by atoms with Gasteiger partial charge in [0.25, 0.3) is 0 Å². The Kier molecular flexibility index (Phi) is 10.2. The second kappa shape index (κ2) is 12.2. The number of hydrogen-bond donors (Lipinski definition) is 4. The third kappa shape index (κ3) is 9.62. The minimum absolute atomic E-state index is 0.0762. The molecule has 2 aromatic rings. The molecule has 0 unspecified atom stereocenters. The SMILES string of the molecule is N[C@@H](CO)CCc1ccccc1.N[C@H](CCc1ccccc1)C(=O)O. The molecule has 0 aromatic heterocycles. The largest absolute Gasteiger partial charge is 0.480 e. The number of carboxylic acids is 1. The van der Waals surface area contributed by atoms with E-state index < -0.39 is 12.0 Å². The van der Waals surface area contributed by atoms with E-state index in [1.54, 1.807) is 0 Å². The molecule has 2 atom stereocenters. The third-order valence-electron chi connectivity index (χ3n) is 3.79. The van der Waals surface area contributed by atoms with Crippen LogP contribution in [0.2, 0.25) is 0 Å². The summed E-state index contributed by atoms with van der Waals surface area (Å²) in [7, 11) is 0. The number of hydrogen-bond acceptors (Lipinski definition) is 4. The molecule has 25 heavy (non-hydrogen) atoms. The van der Waals surface area contributed by atoms with E-state index in [2.05, 4.69) is 12.1 Å². The summed E-state index contributed by atoms with van der Waals surface area (Å²) in [5, 5.41) is 17.2. The summed E-state index contributed by atoms with van der Waals surface area (Å²) in [6, 6.07) is 19.1. The van der Waals surface area contributed by atoms with Crippen molar-refractivity contribution in [2.75, 3.05) is 6.61 Å². The summed E-state index contributed by atoms with van der Waals surface area (Å²) in [6.07, 6.45) is 3.00. The molecule has 0 saturated heterocycles. The highest BCUT2D eigenvalue weighted by Gasteiger charge is 2.10. The topological polar surface area (TPSA) is 110 Å². The molecule has 0 fully saturated rings. The Morgan fingerprint density at radius 3 is 1.68 bits per heavy atom. The van der Waals surface area contributed by atoms with Gasteiger partial charge in [0.05, 0.1) is 6.61 Å². The second-order valence-electron chi connectivity index (χ2n) is 5.94. The monoisotopic (exact) mass is 344 g/mol. The van der Waals surface area contributed by atoms with Crippen molar-refractivity contribution in [3.8, 4) is 0 Å². The average Bonchev–Trinajstić information content (AvgIpc) is 2.66. The van der Waals surface area contributed by atoms with Gasteiger partial charge in [0.2, 0.25) is 0 Å². The Morgan fingerprint density at radius 1 is 0.840 bits per heavy atom. The highest BCUT2D eigenvalue weighted by Crippen LogP contribution is 2.04. The highest BCUT2D eigenvalue weighted by molar-refractivity contribution is 5.73. The van der Waals surface area contributed by atoms with Gasteiger partial charge in [-0.3, -0.25) is 4.79 Å². The van der Waals surface area contributed by atoms with E-state index in [0.717, 1.165) is 18.4 Å². The maximum atomic E-state index is 10.4. The van der Waals surface area contributed by atoms with Crippen LogP contribution in [0, 0.1) is 0 Å². The molecule has 136 valence electrons.